The molecule has 14 heavy (non-hydrogen) atoms. The summed E-state index contributed by atoms with van der Waals surface area (Å²) in [6.45, 7) is 0. The zero-order valence-corrected chi connectivity index (χ0v) is 7.74. The maximum atomic E-state index is 12.7. The van der Waals surface area contributed by atoms with Crippen LogP contribution in [0.3, 0.4) is 0 Å². The summed E-state index contributed by atoms with van der Waals surface area (Å²) in [6.07, 6.45) is 0. The Morgan fingerprint density at radius 3 is 1.86 bits per heavy atom. The molecule has 0 N–H and O–H groups in total. The standard InChI is InChI=1S/C6BrF4NO2/c7-1-2(8)3(9)4(10)5(11)6(1)12(13)14. The minimum Gasteiger partial charge on any atom is -0.258 e. The fraction of sp³-hybridized carbons (Fsp3) is 0. The summed E-state index contributed by atoms with van der Waals surface area (Å²) < 4.78 is 49.2. The predicted molar refractivity (Wildman–Crippen MR) is 40.6 cm³/mol. The Morgan fingerprint density at radius 1 is 1.00 bits per heavy atom. The van der Waals surface area contributed by atoms with Crippen molar-refractivity contribution in [2.75, 3.05) is 0 Å². The van der Waals surface area contributed by atoms with Gasteiger partial charge in [0.05, 0.1) is 4.92 Å². The van der Waals surface area contributed by atoms with Gasteiger partial charge in [0.25, 0.3) is 0 Å². The molecule has 3 nitrogen and oxygen atoms in total. The summed E-state index contributed by atoms with van der Waals surface area (Å²) in [5, 5.41) is 10.1. The SMILES string of the molecule is O=[N+]([O-])c1c(F)c(F)c(F)c(F)c1Br. The third kappa shape index (κ3) is 1.45. The number of rotatable bonds is 1. The average Bonchev–Trinajstić information content (AvgIpc) is 2.11. The minimum atomic E-state index is -2.21. The van der Waals surface area contributed by atoms with E-state index >= 15 is 0 Å². The summed E-state index contributed by atoms with van der Waals surface area (Å²) in [5.41, 5.74) is -1.47. The Morgan fingerprint density at radius 2 is 1.43 bits per heavy atom. The van der Waals surface area contributed by atoms with Crippen LogP contribution in [-0.4, -0.2) is 4.92 Å². The number of hydrogen-bond acceptors (Lipinski definition) is 2. The Balaban J connectivity index is 3.68. The molecule has 8 heteroatoms. The lowest BCUT2D eigenvalue weighted by atomic mass is 10.2. The second-order valence-electron chi connectivity index (χ2n) is 2.18. The molecule has 0 aliphatic heterocycles. The molecule has 0 aromatic heterocycles. The van der Waals surface area contributed by atoms with Crippen LogP contribution in [0.25, 0.3) is 0 Å². The minimum absolute atomic E-state index is 1.06. The van der Waals surface area contributed by atoms with Crippen molar-refractivity contribution in [2.45, 2.75) is 0 Å². The lowest BCUT2D eigenvalue weighted by molar-refractivity contribution is -0.388. The Kier molecular flexibility index (Phi) is 2.74. The molecular weight excluding hydrogens is 274 g/mol. The van der Waals surface area contributed by atoms with Crippen LogP contribution in [0.1, 0.15) is 0 Å². The van der Waals surface area contributed by atoms with Crippen LogP contribution in [-0.2, 0) is 0 Å². The normalized spacial score (nSPS) is 10.4. The van der Waals surface area contributed by atoms with Crippen LogP contribution in [0.5, 0.6) is 0 Å². The van der Waals surface area contributed by atoms with Crippen LogP contribution in [0.15, 0.2) is 4.47 Å². The number of nitro benzene ring substituents is 1. The van der Waals surface area contributed by atoms with E-state index in [0.717, 1.165) is 0 Å². The van der Waals surface area contributed by atoms with Gasteiger partial charge in [0.1, 0.15) is 4.47 Å². The van der Waals surface area contributed by atoms with Crippen LogP contribution < -0.4 is 0 Å². The fourth-order valence-electron chi connectivity index (χ4n) is 0.754. The lowest BCUT2D eigenvalue weighted by Crippen LogP contribution is -2.03. The predicted octanol–water partition coefficient (Wildman–Crippen LogP) is 2.91. The van der Waals surface area contributed by atoms with E-state index < -0.39 is 38.4 Å². The molecule has 76 valence electrons. The first-order valence-electron chi connectivity index (χ1n) is 3.03. The van der Waals surface area contributed by atoms with Gasteiger partial charge in [0.2, 0.25) is 11.6 Å². The maximum Gasteiger partial charge on any atom is 0.325 e. The van der Waals surface area contributed by atoms with E-state index in [-0.39, 0.29) is 0 Å². The van der Waals surface area contributed by atoms with Gasteiger partial charge in [-0.3, -0.25) is 10.1 Å². The maximum absolute atomic E-state index is 12.7. The monoisotopic (exact) mass is 273 g/mol. The number of hydrogen-bond donors (Lipinski definition) is 0. The van der Waals surface area contributed by atoms with Crippen molar-refractivity contribution in [2.24, 2.45) is 0 Å². The van der Waals surface area contributed by atoms with Gasteiger partial charge >= 0.3 is 5.69 Å². The van der Waals surface area contributed by atoms with Gasteiger partial charge in [-0.2, -0.15) is 4.39 Å². The summed E-state index contributed by atoms with van der Waals surface area (Å²) in [6, 6.07) is 0. The Bertz CT molecular complexity index is 394. The zero-order valence-electron chi connectivity index (χ0n) is 6.15. The van der Waals surface area contributed by atoms with Gasteiger partial charge in [0, 0.05) is 0 Å². The van der Waals surface area contributed by atoms with E-state index in [1.807, 2.05) is 0 Å². The zero-order chi connectivity index (χ0) is 11.0. The van der Waals surface area contributed by atoms with Crippen LogP contribution in [0.4, 0.5) is 23.2 Å². The van der Waals surface area contributed by atoms with Gasteiger partial charge in [0.15, 0.2) is 11.6 Å². The van der Waals surface area contributed by atoms with E-state index in [9.17, 15) is 27.7 Å². The first-order chi connectivity index (χ1) is 6.37. The molecule has 0 heterocycles. The van der Waals surface area contributed by atoms with Crippen molar-refractivity contribution in [1.82, 2.24) is 0 Å². The fourth-order valence-corrected chi connectivity index (χ4v) is 1.25. The average molecular weight is 274 g/mol. The molecule has 0 saturated heterocycles. The number of nitro groups is 1. The van der Waals surface area contributed by atoms with Crippen molar-refractivity contribution in [1.29, 1.82) is 0 Å². The van der Waals surface area contributed by atoms with E-state index in [4.69, 9.17) is 0 Å². The van der Waals surface area contributed by atoms with Crippen molar-refractivity contribution in [3.63, 3.8) is 0 Å². The van der Waals surface area contributed by atoms with E-state index in [0.29, 0.717) is 0 Å². The summed E-state index contributed by atoms with van der Waals surface area (Å²) >= 11 is 2.25. The number of benzene rings is 1. The quantitative estimate of drug-likeness (QED) is 0.260. The lowest BCUT2D eigenvalue weighted by Gasteiger charge is -2.01. The highest BCUT2D eigenvalue weighted by Gasteiger charge is 2.31. The third-order valence-electron chi connectivity index (χ3n) is 1.37. The molecule has 0 bridgehead atoms. The molecule has 1 aromatic carbocycles. The first kappa shape index (κ1) is 10.9. The third-order valence-corrected chi connectivity index (χ3v) is 2.09. The van der Waals surface area contributed by atoms with Gasteiger partial charge in [-0.05, 0) is 15.9 Å². The van der Waals surface area contributed by atoms with Gasteiger partial charge in [-0.1, -0.05) is 0 Å². The molecular formula is C6BrF4NO2. The Hall–Kier alpha value is -1.18. The smallest absolute Gasteiger partial charge is 0.258 e. The van der Waals surface area contributed by atoms with E-state index in [1.165, 1.54) is 0 Å². The van der Waals surface area contributed by atoms with Crippen molar-refractivity contribution in [3.05, 3.63) is 37.9 Å². The topological polar surface area (TPSA) is 43.1 Å². The Labute approximate surface area is 82.6 Å². The van der Waals surface area contributed by atoms with Crippen LogP contribution in [0.2, 0.25) is 0 Å². The molecule has 0 aliphatic carbocycles. The second kappa shape index (κ2) is 3.52. The van der Waals surface area contributed by atoms with Crippen molar-refractivity contribution >= 4 is 21.6 Å². The molecule has 0 spiro atoms. The largest absolute Gasteiger partial charge is 0.325 e. The van der Waals surface area contributed by atoms with Crippen molar-refractivity contribution < 1.29 is 22.5 Å². The molecule has 0 unspecified atom stereocenters. The van der Waals surface area contributed by atoms with Gasteiger partial charge in [-0.15, -0.1) is 0 Å². The highest BCUT2D eigenvalue weighted by Crippen LogP contribution is 2.33. The molecule has 0 amide bonds. The molecule has 0 atom stereocenters. The summed E-state index contributed by atoms with van der Waals surface area (Å²) in [4.78, 5) is 8.78. The second-order valence-corrected chi connectivity index (χ2v) is 2.97. The number of halogens is 5. The molecule has 0 saturated carbocycles. The van der Waals surface area contributed by atoms with E-state index in [1.54, 1.807) is 0 Å². The first-order valence-corrected chi connectivity index (χ1v) is 3.83. The summed E-state index contributed by atoms with van der Waals surface area (Å²) in [5.74, 6) is -8.19. The van der Waals surface area contributed by atoms with Gasteiger partial charge < -0.3 is 0 Å². The molecule has 0 radical (unpaired) electrons. The highest BCUT2D eigenvalue weighted by molar-refractivity contribution is 9.10. The van der Waals surface area contributed by atoms with Gasteiger partial charge in [-0.25, -0.2) is 13.2 Å². The van der Waals surface area contributed by atoms with E-state index in [2.05, 4.69) is 15.9 Å². The van der Waals surface area contributed by atoms with Crippen LogP contribution in [0, 0.1) is 33.4 Å². The molecule has 0 aliphatic rings. The van der Waals surface area contributed by atoms with Crippen LogP contribution >= 0.6 is 15.9 Å². The molecule has 1 rings (SSSR count). The van der Waals surface area contributed by atoms with Crippen molar-refractivity contribution in [3.8, 4) is 0 Å². The highest BCUT2D eigenvalue weighted by atomic mass is 79.9. The molecule has 1 aromatic rings. The number of nitrogens with zero attached hydrogens (tertiary/aromatic N) is 1. The molecule has 0 fully saturated rings. The summed E-state index contributed by atoms with van der Waals surface area (Å²) in [7, 11) is 0.